The van der Waals surface area contributed by atoms with Crippen LogP contribution in [0.25, 0.3) is 33.3 Å². The highest BCUT2D eigenvalue weighted by atomic mass is 35.5. The Kier molecular flexibility index (Phi) is 3.58. The molecule has 4 aromatic rings. The van der Waals surface area contributed by atoms with Crippen LogP contribution in [0, 0.1) is 0 Å². The zero-order chi connectivity index (χ0) is 17.6. The van der Waals surface area contributed by atoms with Crippen LogP contribution in [0.4, 0.5) is 0 Å². The van der Waals surface area contributed by atoms with Crippen LogP contribution in [-0.2, 0) is 4.74 Å². The van der Waals surface area contributed by atoms with Gasteiger partial charge >= 0.3 is 5.97 Å². The van der Waals surface area contributed by atoms with Crippen molar-refractivity contribution in [2.75, 3.05) is 7.11 Å². The lowest BCUT2D eigenvalue weighted by Gasteiger charge is -2.01. The maximum atomic E-state index is 11.7. The van der Waals surface area contributed by atoms with Crippen LogP contribution >= 0.6 is 11.6 Å². The molecule has 0 atom stereocenters. The molecule has 0 aliphatic rings. The molecule has 0 spiro atoms. The summed E-state index contributed by atoms with van der Waals surface area (Å²) in [5.74, 6) is -0.323. The highest BCUT2D eigenvalue weighted by molar-refractivity contribution is 6.31. The van der Waals surface area contributed by atoms with E-state index in [1.165, 1.54) is 13.2 Å². The number of ether oxygens (including phenoxy) is 1. The van der Waals surface area contributed by atoms with Gasteiger partial charge in [0.25, 0.3) is 0 Å². The minimum absolute atomic E-state index is 0.0744. The molecule has 1 N–H and O–H groups in total. The van der Waals surface area contributed by atoms with Gasteiger partial charge in [0.15, 0.2) is 11.5 Å². The van der Waals surface area contributed by atoms with Crippen molar-refractivity contribution in [2.45, 2.75) is 0 Å². The average Bonchev–Trinajstić information content (AvgIpc) is 2.96. The zero-order valence-corrected chi connectivity index (χ0v) is 13.9. The summed E-state index contributed by atoms with van der Waals surface area (Å²) in [7, 11) is 1.30. The fourth-order valence-electron chi connectivity index (χ4n) is 2.72. The SMILES string of the molecule is COC(=O)c1ccc2oc(-c3ccc4ccc(Cl)cc4n3)c(O)c2c1. The van der Waals surface area contributed by atoms with E-state index in [2.05, 4.69) is 4.98 Å². The van der Waals surface area contributed by atoms with E-state index in [1.807, 2.05) is 12.1 Å². The van der Waals surface area contributed by atoms with Crippen molar-refractivity contribution in [2.24, 2.45) is 0 Å². The molecular formula is C19H12ClNO4. The molecule has 0 fully saturated rings. The standard InChI is InChI=1S/C19H12ClNO4/c1-24-19(23)11-4-7-16-13(8-11)17(22)18(25-16)14-6-3-10-2-5-12(20)9-15(10)21-14/h2-9,22H,1H3. The van der Waals surface area contributed by atoms with E-state index < -0.39 is 5.97 Å². The number of rotatable bonds is 2. The van der Waals surface area contributed by atoms with E-state index in [-0.39, 0.29) is 11.5 Å². The number of nitrogens with zero attached hydrogens (tertiary/aromatic N) is 1. The van der Waals surface area contributed by atoms with Gasteiger partial charge in [-0.3, -0.25) is 0 Å². The molecule has 0 radical (unpaired) electrons. The maximum absolute atomic E-state index is 11.7. The largest absolute Gasteiger partial charge is 0.504 e. The van der Waals surface area contributed by atoms with Crippen molar-refractivity contribution in [3.63, 3.8) is 0 Å². The second-order valence-electron chi connectivity index (χ2n) is 5.52. The Bertz CT molecular complexity index is 1130. The highest BCUT2D eigenvalue weighted by Gasteiger charge is 2.18. The number of pyridine rings is 1. The van der Waals surface area contributed by atoms with Gasteiger partial charge in [-0.05, 0) is 36.4 Å². The molecule has 124 valence electrons. The minimum atomic E-state index is -0.484. The molecule has 0 unspecified atom stereocenters. The molecule has 4 rings (SSSR count). The Balaban J connectivity index is 1.89. The molecule has 5 nitrogen and oxygen atoms in total. The number of carbonyl (C=O) groups excluding carboxylic acids is 1. The topological polar surface area (TPSA) is 72.6 Å². The molecule has 2 heterocycles. The number of hydrogen-bond donors (Lipinski definition) is 1. The second kappa shape index (κ2) is 5.79. The summed E-state index contributed by atoms with van der Waals surface area (Å²) in [4.78, 5) is 16.2. The number of fused-ring (bicyclic) bond motifs is 2. The fourth-order valence-corrected chi connectivity index (χ4v) is 2.89. The van der Waals surface area contributed by atoms with Crippen LogP contribution in [0.15, 0.2) is 52.9 Å². The smallest absolute Gasteiger partial charge is 0.337 e. The first-order chi connectivity index (χ1) is 12.1. The normalized spacial score (nSPS) is 11.1. The van der Waals surface area contributed by atoms with Crippen LogP contribution in [0.2, 0.25) is 5.02 Å². The predicted octanol–water partition coefficient (Wildman–Crippen LogP) is 4.79. The number of furan rings is 1. The summed E-state index contributed by atoms with van der Waals surface area (Å²) in [6.45, 7) is 0. The van der Waals surface area contributed by atoms with Crippen molar-refractivity contribution in [3.8, 4) is 17.2 Å². The van der Waals surface area contributed by atoms with Gasteiger partial charge in [-0.15, -0.1) is 0 Å². The summed E-state index contributed by atoms with van der Waals surface area (Å²) in [5, 5.41) is 12.5. The van der Waals surface area contributed by atoms with Gasteiger partial charge in [0, 0.05) is 10.4 Å². The number of esters is 1. The average molecular weight is 354 g/mol. The van der Waals surface area contributed by atoms with Crippen LogP contribution in [0.1, 0.15) is 10.4 Å². The first kappa shape index (κ1) is 15.5. The van der Waals surface area contributed by atoms with Gasteiger partial charge in [0.2, 0.25) is 0 Å². The summed E-state index contributed by atoms with van der Waals surface area (Å²) >= 11 is 6.02. The van der Waals surface area contributed by atoms with Crippen molar-refractivity contribution in [1.82, 2.24) is 4.98 Å². The Morgan fingerprint density at radius 3 is 2.76 bits per heavy atom. The summed E-state index contributed by atoms with van der Waals surface area (Å²) < 4.78 is 10.4. The number of aromatic hydroxyl groups is 1. The maximum Gasteiger partial charge on any atom is 0.337 e. The molecule has 0 saturated heterocycles. The van der Waals surface area contributed by atoms with Crippen molar-refractivity contribution >= 4 is 39.4 Å². The number of methoxy groups -OCH3 is 1. The molecule has 6 heteroatoms. The molecule has 2 aromatic heterocycles. The van der Waals surface area contributed by atoms with Gasteiger partial charge in [-0.2, -0.15) is 0 Å². The Morgan fingerprint density at radius 1 is 1.16 bits per heavy atom. The van der Waals surface area contributed by atoms with E-state index in [4.69, 9.17) is 20.8 Å². The third-order valence-electron chi connectivity index (χ3n) is 3.97. The predicted molar refractivity (Wildman–Crippen MR) is 95.0 cm³/mol. The van der Waals surface area contributed by atoms with Crippen molar-refractivity contribution in [1.29, 1.82) is 0 Å². The van der Waals surface area contributed by atoms with Gasteiger partial charge in [-0.1, -0.05) is 23.7 Å². The van der Waals surface area contributed by atoms with E-state index >= 15 is 0 Å². The van der Waals surface area contributed by atoms with Crippen molar-refractivity contribution < 1.29 is 19.1 Å². The Hall–Kier alpha value is -3.05. The zero-order valence-electron chi connectivity index (χ0n) is 13.1. The lowest BCUT2D eigenvalue weighted by atomic mass is 10.1. The molecule has 0 aliphatic carbocycles. The van der Waals surface area contributed by atoms with Crippen molar-refractivity contribution in [3.05, 3.63) is 59.1 Å². The lowest BCUT2D eigenvalue weighted by molar-refractivity contribution is 0.0601. The number of halogens is 1. The molecular weight excluding hydrogens is 342 g/mol. The molecule has 2 aromatic carbocycles. The van der Waals surface area contributed by atoms with Crippen LogP contribution < -0.4 is 0 Å². The first-order valence-electron chi connectivity index (χ1n) is 7.47. The Morgan fingerprint density at radius 2 is 1.96 bits per heavy atom. The van der Waals surface area contributed by atoms with E-state index in [9.17, 15) is 9.90 Å². The third-order valence-corrected chi connectivity index (χ3v) is 4.20. The summed E-state index contributed by atoms with van der Waals surface area (Å²) in [5.41, 5.74) is 1.95. The fraction of sp³-hybridized carbons (Fsp3) is 0.0526. The number of carbonyl (C=O) groups is 1. The molecule has 0 bridgehead atoms. The summed E-state index contributed by atoms with van der Waals surface area (Å²) in [6, 6.07) is 13.8. The second-order valence-corrected chi connectivity index (χ2v) is 5.95. The van der Waals surface area contributed by atoms with Gasteiger partial charge in [-0.25, -0.2) is 9.78 Å². The molecule has 0 amide bonds. The van der Waals surface area contributed by atoms with Gasteiger partial charge < -0.3 is 14.3 Å². The highest BCUT2D eigenvalue weighted by Crippen LogP contribution is 2.39. The first-order valence-corrected chi connectivity index (χ1v) is 7.85. The van der Waals surface area contributed by atoms with Crippen LogP contribution in [0.5, 0.6) is 5.75 Å². The molecule has 0 aliphatic heterocycles. The number of aromatic nitrogens is 1. The molecule has 25 heavy (non-hydrogen) atoms. The van der Waals surface area contributed by atoms with Gasteiger partial charge in [0.05, 0.1) is 23.6 Å². The third kappa shape index (κ3) is 2.58. The number of benzene rings is 2. The molecule has 0 saturated carbocycles. The summed E-state index contributed by atoms with van der Waals surface area (Å²) in [6.07, 6.45) is 0. The Labute approximate surface area is 147 Å². The van der Waals surface area contributed by atoms with Gasteiger partial charge in [0.1, 0.15) is 11.3 Å². The van der Waals surface area contributed by atoms with E-state index in [1.54, 1.807) is 30.3 Å². The van der Waals surface area contributed by atoms with E-state index in [0.717, 1.165) is 5.39 Å². The van der Waals surface area contributed by atoms with Crippen LogP contribution in [0.3, 0.4) is 0 Å². The lowest BCUT2D eigenvalue weighted by Crippen LogP contribution is -2.00. The number of hydrogen-bond acceptors (Lipinski definition) is 5. The minimum Gasteiger partial charge on any atom is -0.504 e. The quantitative estimate of drug-likeness (QED) is 0.524. The van der Waals surface area contributed by atoms with E-state index in [0.29, 0.717) is 32.8 Å². The van der Waals surface area contributed by atoms with Crippen LogP contribution in [-0.4, -0.2) is 23.2 Å². The monoisotopic (exact) mass is 353 g/mol.